The second-order valence-corrected chi connectivity index (χ2v) is 10.1. The smallest absolute Gasteiger partial charge is 0.408 e. The quantitative estimate of drug-likeness (QED) is 0.337. The van der Waals surface area contributed by atoms with Crippen LogP contribution >= 0.6 is 0 Å². The Hall–Kier alpha value is -3.30. The van der Waals surface area contributed by atoms with Gasteiger partial charge in [-0.25, -0.2) is 4.79 Å². The summed E-state index contributed by atoms with van der Waals surface area (Å²) in [5.41, 5.74) is -0.264. The van der Waals surface area contributed by atoms with E-state index < -0.39 is 41.6 Å². The highest BCUT2D eigenvalue weighted by Gasteiger charge is 2.37. The third kappa shape index (κ3) is 11.1. The number of ether oxygens (including phenoxy) is 2. The monoisotopic (exact) mass is 521 g/mol. The van der Waals surface area contributed by atoms with Crippen LogP contribution in [0.1, 0.15) is 79.3 Å². The summed E-state index contributed by atoms with van der Waals surface area (Å²) in [7, 11) is 0. The maximum absolute atomic E-state index is 13.9. The van der Waals surface area contributed by atoms with Crippen LogP contribution in [0.15, 0.2) is 24.3 Å². The van der Waals surface area contributed by atoms with E-state index >= 15 is 0 Å². The number of hydrogen-bond acceptors (Lipinski definition) is 7. The summed E-state index contributed by atoms with van der Waals surface area (Å²) >= 11 is 0. The van der Waals surface area contributed by atoms with E-state index in [-0.39, 0.29) is 37.8 Å². The molecule has 0 heterocycles. The Bertz CT molecular complexity index is 894. The van der Waals surface area contributed by atoms with Crippen LogP contribution < -0.4 is 10.6 Å². The van der Waals surface area contributed by atoms with Crippen molar-refractivity contribution in [1.82, 2.24) is 15.5 Å². The average Bonchev–Trinajstić information content (AvgIpc) is 2.79. The number of hydrogen-bond donors (Lipinski definition) is 3. The molecule has 37 heavy (non-hydrogen) atoms. The Morgan fingerprint density at radius 3 is 2.19 bits per heavy atom. The molecule has 3 N–H and O–H groups in total. The van der Waals surface area contributed by atoms with Gasteiger partial charge >= 0.3 is 12.1 Å². The first kappa shape index (κ1) is 31.7. The van der Waals surface area contributed by atoms with Crippen molar-refractivity contribution in [2.75, 3.05) is 19.7 Å². The minimum Gasteiger partial charge on any atom is -0.508 e. The van der Waals surface area contributed by atoms with E-state index in [9.17, 15) is 24.3 Å². The molecule has 2 atom stereocenters. The summed E-state index contributed by atoms with van der Waals surface area (Å²) in [4.78, 5) is 53.0. The molecule has 0 saturated heterocycles. The second kappa shape index (κ2) is 15.1. The van der Waals surface area contributed by atoms with E-state index in [2.05, 4.69) is 10.6 Å². The summed E-state index contributed by atoms with van der Waals surface area (Å²) < 4.78 is 10.3. The number of phenols is 1. The average molecular weight is 522 g/mol. The Labute approximate surface area is 220 Å². The molecule has 1 aromatic carbocycles. The van der Waals surface area contributed by atoms with Gasteiger partial charge in [-0.05, 0) is 57.7 Å². The lowest BCUT2D eigenvalue weighted by Crippen LogP contribution is -2.55. The fourth-order valence-corrected chi connectivity index (χ4v) is 3.57. The van der Waals surface area contributed by atoms with Crippen LogP contribution in [0.4, 0.5) is 4.79 Å². The minimum atomic E-state index is -1.05. The summed E-state index contributed by atoms with van der Waals surface area (Å²) in [6.07, 6.45) is 0.644. The summed E-state index contributed by atoms with van der Waals surface area (Å²) in [6.45, 7) is 13.0. The maximum Gasteiger partial charge on any atom is 0.408 e. The van der Waals surface area contributed by atoms with Crippen LogP contribution in [0.25, 0.3) is 0 Å². The van der Waals surface area contributed by atoms with E-state index in [4.69, 9.17) is 9.47 Å². The van der Waals surface area contributed by atoms with Crippen LogP contribution in [0.5, 0.6) is 5.75 Å². The number of nitrogens with zero attached hydrogens (tertiary/aromatic N) is 1. The van der Waals surface area contributed by atoms with Crippen molar-refractivity contribution in [3.8, 4) is 5.75 Å². The highest BCUT2D eigenvalue weighted by Crippen LogP contribution is 2.26. The molecular weight excluding hydrogens is 478 g/mol. The molecule has 0 bridgehead atoms. The first-order valence-corrected chi connectivity index (χ1v) is 12.8. The maximum atomic E-state index is 13.9. The lowest BCUT2D eigenvalue weighted by molar-refractivity contribution is -0.144. The van der Waals surface area contributed by atoms with Gasteiger partial charge in [0.2, 0.25) is 11.8 Å². The predicted molar refractivity (Wildman–Crippen MR) is 140 cm³/mol. The Morgan fingerprint density at radius 1 is 1.05 bits per heavy atom. The topological polar surface area (TPSA) is 134 Å². The van der Waals surface area contributed by atoms with Crippen molar-refractivity contribution < 1.29 is 33.8 Å². The van der Waals surface area contributed by atoms with Crippen molar-refractivity contribution in [3.63, 3.8) is 0 Å². The molecule has 0 aliphatic carbocycles. The molecule has 0 aromatic heterocycles. The van der Waals surface area contributed by atoms with Crippen molar-refractivity contribution >= 4 is 23.9 Å². The summed E-state index contributed by atoms with van der Waals surface area (Å²) in [5.74, 6) is -1.64. The van der Waals surface area contributed by atoms with Gasteiger partial charge in [0.1, 0.15) is 23.4 Å². The third-order valence-electron chi connectivity index (χ3n) is 5.34. The fourth-order valence-electron chi connectivity index (χ4n) is 3.57. The number of rotatable bonds is 13. The zero-order chi connectivity index (χ0) is 28.2. The van der Waals surface area contributed by atoms with Gasteiger partial charge in [0.05, 0.1) is 13.0 Å². The van der Waals surface area contributed by atoms with Crippen LogP contribution in [-0.2, 0) is 23.9 Å². The first-order valence-electron chi connectivity index (χ1n) is 12.8. The predicted octanol–water partition coefficient (Wildman–Crippen LogP) is 3.68. The number of esters is 1. The molecule has 0 radical (unpaired) electrons. The van der Waals surface area contributed by atoms with Crippen LogP contribution in [0, 0.1) is 5.92 Å². The van der Waals surface area contributed by atoms with Gasteiger partial charge in [-0.3, -0.25) is 14.4 Å². The first-order chi connectivity index (χ1) is 17.3. The van der Waals surface area contributed by atoms with E-state index in [1.807, 2.05) is 6.92 Å². The Kier molecular flexibility index (Phi) is 12.9. The molecule has 0 saturated carbocycles. The molecule has 208 valence electrons. The Balaban J connectivity index is 3.34. The van der Waals surface area contributed by atoms with E-state index in [0.29, 0.717) is 12.0 Å². The number of nitrogens with one attached hydrogen (secondary N) is 2. The van der Waals surface area contributed by atoms with Gasteiger partial charge in [-0.1, -0.05) is 39.3 Å². The molecule has 0 spiro atoms. The number of aromatic hydroxyl groups is 1. The molecule has 3 amide bonds. The molecule has 1 aromatic rings. The molecule has 10 nitrogen and oxygen atoms in total. The van der Waals surface area contributed by atoms with Crippen molar-refractivity contribution in [2.45, 2.75) is 85.4 Å². The molecule has 0 aliphatic rings. The number of benzene rings is 1. The normalized spacial score (nSPS) is 12.9. The molecule has 2 unspecified atom stereocenters. The SMILES string of the molecule is CCCCN(C(=O)C(NC(=O)OC(C)(C)C)C(C)C)C(C(=O)NCCC(=O)OCC)c1ccc(O)cc1. The van der Waals surface area contributed by atoms with Crippen LogP contribution in [-0.4, -0.2) is 65.2 Å². The number of alkyl carbamates (subject to hydrolysis) is 1. The fraction of sp³-hybridized carbons (Fsp3) is 0.630. The number of carbonyl (C=O) groups is 4. The molecule has 10 heteroatoms. The Morgan fingerprint density at radius 2 is 1.68 bits per heavy atom. The number of phenolic OH excluding ortho intramolecular Hbond substituents is 1. The number of unbranched alkanes of at least 4 members (excludes halogenated alkanes) is 1. The lowest BCUT2D eigenvalue weighted by atomic mass is 9.98. The van der Waals surface area contributed by atoms with Crippen molar-refractivity contribution in [2.24, 2.45) is 5.92 Å². The van der Waals surface area contributed by atoms with Crippen molar-refractivity contribution in [3.05, 3.63) is 29.8 Å². The number of amides is 3. The van der Waals surface area contributed by atoms with Gasteiger partial charge in [0, 0.05) is 13.1 Å². The highest BCUT2D eigenvalue weighted by atomic mass is 16.6. The van der Waals surface area contributed by atoms with E-state index in [1.165, 1.54) is 17.0 Å². The second-order valence-electron chi connectivity index (χ2n) is 10.1. The van der Waals surface area contributed by atoms with E-state index in [0.717, 1.165) is 6.42 Å². The molecule has 0 aliphatic heterocycles. The largest absolute Gasteiger partial charge is 0.508 e. The summed E-state index contributed by atoms with van der Waals surface area (Å²) in [5, 5.41) is 15.2. The zero-order valence-electron chi connectivity index (χ0n) is 23.1. The van der Waals surface area contributed by atoms with Crippen LogP contribution in [0.2, 0.25) is 0 Å². The van der Waals surface area contributed by atoms with Gasteiger partial charge in [0.25, 0.3) is 0 Å². The summed E-state index contributed by atoms with van der Waals surface area (Å²) in [6, 6.07) is 4.03. The zero-order valence-corrected chi connectivity index (χ0v) is 23.1. The molecule has 1 rings (SSSR count). The standard InChI is InChI=1S/C27H43N3O7/c1-8-10-17-30(25(34)22(18(3)4)29-26(35)37-27(5,6)7)23(19-11-13-20(31)14-12-19)24(33)28-16-15-21(32)36-9-2/h11-14,18,22-23,31H,8-10,15-17H2,1-7H3,(H,28,33)(H,29,35). The van der Waals surface area contributed by atoms with Gasteiger partial charge in [0.15, 0.2) is 0 Å². The number of carbonyl (C=O) groups excluding carboxylic acids is 4. The molecule has 0 fully saturated rings. The van der Waals surface area contributed by atoms with Gasteiger partial charge in [-0.15, -0.1) is 0 Å². The third-order valence-corrected chi connectivity index (χ3v) is 5.34. The highest BCUT2D eigenvalue weighted by molar-refractivity contribution is 5.92. The lowest BCUT2D eigenvalue weighted by Gasteiger charge is -2.35. The minimum absolute atomic E-state index is 0.0143. The van der Waals surface area contributed by atoms with Gasteiger partial charge < -0.3 is 30.1 Å². The molecular formula is C27H43N3O7. The van der Waals surface area contributed by atoms with E-state index in [1.54, 1.807) is 53.7 Å². The van der Waals surface area contributed by atoms with Crippen LogP contribution in [0.3, 0.4) is 0 Å². The van der Waals surface area contributed by atoms with Crippen molar-refractivity contribution in [1.29, 1.82) is 0 Å². The van der Waals surface area contributed by atoms with Gasteiger partial charge in [-0.2, -0.15) is 0 Å².